The highest BCUT2D eigenvalue weighted by molar-refractivity contribution is 5.16. The van der Waals surface area contributed by atoms with Gasteiger partial charge >= 0.3 is 0 Å². The molecular formula is C14H25N3. The van der Waals surface area contributed by atoms with E-state index in [1.165, 1.54) is 43.6 Å². The average Bonchev–Trinajstić information content (AvgIpc) is 2.78. The summed E-state index contributed by atoms with van der Waals surface area (Å²) < 4.78 is 2.40. The zero-order valence-corrected chi connectivity index (χ0v) is 11.2. The molecule has 2 rings (SSSR count). The molecule has 0 fully saturated rings. The summed E-state index contributed by atoms with van der Waals surface area (Å²) in [6.45, 7) is 7.81. The van der Waals surface area contributed by atoms with Gasteiger partial charge in [-0.15, -0.1) is 0 Å². The molecule has 3 heteroatoms. The van der Waals surface area contributed by atoms with Crippen LogP contribution < -0.4 is 5.32 Å². The highest BCUT2D eigenvalue weighted by Gasteiger charge is 2.16. The van der Waals surface area contributed by atoms with Crippen molar-refractivity contribution in [1.29, 1.82) is 0 Å². The van der Waals surface area contributed by atoms with Gasteiger partial charge in [-0.25, -0.2) is 4.98 Å². The summed E-state index contributed by atoms with van der Waals surface area (Å²) in [5, 5.41) is 3.38. The van der Waals surface area contributed by atoms with Gasteiger partial charge in [-0.1, -0.05) is 33.1 Å². The molecule has 0 aliphatic carbocycles. The van der Waals surface area contributed by atoms with E-state index in [-0.39, 0.29) is 0 Å². The number of imidazole rings is 1. The third kappa shape index (κ3) is 3.09. The number of aromatic nitrogens is 2. The van der Waals surface area contributed by atoms with Gasteiger partial charge in [0.25, 0.3) is 0 Å². The average molecular weight is 235 g/mol. The number of nitrogens with one attached hydrogen (secondary N) is 1. The van der Waals surface area contributed by atoms with Crippen molar-refractivity contribution in [3.8, 4) is 0 Å². The molecule has 1 atom stereocenters. The third-order valence-corrected chi connectivity index (χ3v) is 3.86. The normalized spacial score (nSPS) is 16.8. The third-order valence-electron chi connectivity index (χ3n) is 3.86. The minimum Gasteiger partial charge on any atom is -0.334 e. The second-order valence-corrected chi connectivity index (χ2v) is 5.13. The SMILES string of the molecule is CCCCC(CC)Cn1cnc2c1CCNC2. The van der Waals surface area contributed by atoms with E-state index in [9.17, 15) is 0 Å². The van der Waals surface area contributed by atoms with Gasteiger partial charge < -0.3 is 9.88 Å². The van der Waals surface area contributed by atoms with Crippen molar-refractivity contribution < 1.29 is 0 Å². The van der Waals surface area contributed by atoms with Crippen molar-refractivity contribution in [2.75, 3.05) is 6.54 Å². The van der Waals surface area contributed by atoms with Crippen LogP contribution in [-0.4, -0.2) is 16.1 Å². The lowest BCUT2D eigenvalue weighted by molar-refractivity contribution is 0.383. The molecule has 96 valence electrons. The molecule has 0 saturated carbocycles. The first-order chi connectivity index (χ1) is 8.35. The molecule has 1 aliphatic heterocycles. The Labute approximate surface area is 105 Å². The Morgan fingerprint density at radius 2 is 2.35 bits per heavy atom. The standard InChI is InChI=1S/C14H25N3/c1-3-5-6-12(4-2)10-17-11-16-13-9-15-8-7-14(13)17/h11-12,15H,3-10H2,1-2H3. The summed E-state index contributed by atoms with van der Waals surface area (Å²) in [7, 11) is 0. The van der Waals surface area contributed by atoms with Crippen molar-refractivity contribution in [3.63, 3.8) is 0 Å². The van der Waals surface area contributed by atoms with Crippen LogP contribution in [0.15, 0.2) is 6.33 Å². The Kier molecular flexibility index (Phi) is 4.60. The molecule has 1 aliphatic rings. The number of unbranched alkanes of at least 4 members (excludes halogenated alkanes) is 1. The van der Waals surface area contributed by atoms with Crippen molar-refractivity contribution in [3.05, 3.63) is 17.7 Å². The fourth-order valence-corrected chi connectivity index (χ4v) is 2.65. The lowest BCUT2D eigenvalue weighted by atomic mass is 9.99. The van der Waals surface area contributed by atoms with Gasteiger partial charge in [-0.05, 0) is 12.3 Å². The summed E-state index contributed by atoms with van der Waals surface area (Å²) in [4.78, 5) is 4.52. The maximum absolute atomic E-state index is 4.52. The van der Waals surface area contributed by atoms with E-state index in [4.69, 9.17) is 0 Å². The molecule has 0 aromatic carbocycles. The van der Waals surface area contributed by atoms with E-state index in [1.54, 1.807) is 0 Å². The zero-order valence-electron chi connectivity index (χ0n) is 11.2. The molecule has 1 aromatic rings. The van der Waals surface area contributed by atoms with Crippen molar-refractivity contribution >= 4 is 0 Å². The van der Waals surface area contributed by atoms with Gasteiger partial charge in [0.1, 0.15) is 0 Å². The Hall–Kier alpha value is -0.830. The maximum atomic E-state index is 4.52. The summed E-state index contributed by atoms with van der Waals surface area (Å²) >= 11 is 0. The zero-order chi connectivity index (χ0) is 12.1. The number of fused-ring (bicyclic) bond motifs is 1. The Morgan fingerprint density at radius 1 is 1.47 bits per heavy atom. The van der Waals surface area contributed by atoms with Gasteiger partial charge in [-0.2, -0.15) is 0 Å². The van der Waals surface area contributed by atoms with Crippen LogP contribution in [0.2, 0.25) is 0 Å². The number of hydrogen-bond donors (Lipinski definition) is 1. The molecule has 0 amide bonds. The Bertz CT molecular complexity index is 343. The molecule has 0 radical (unpaired) electrons. The molecule has 1 aromatic heterocycles. The minimum atomic E-state index is 0.822. The number of rotatable bonds is 6. The Balaban J connectivity index is 1.99. The number of nitrogens with zero attached hydrogens (tertiary/aromatic N) is 2. The topological polar surface area (TPSA) is 29.9 Å². The van der Waals surface area contributed by atoms with E-state index in [1.807, 2.05) is 6.33 Å². The van der Waals surface area contributed by atoms with Crippen LogP contribution in [0.4, 0.5) is 0 Å². The van der Waals surface area contributed by atoms with Crippen LogP contribution in [0.5, 0.6) is 0 Å². The van der Waals surface area contributed by atoms with Gasteiger partial charge in [0.2, 0.25) is 0 Å². The molecule has 17 heavy (non-hydrogen) atoms. The van der Waals surface area contributed by atoms with E-state index in [0.717, 1.165) is 25.4 Å². The van der Waals surface area contributed by atoms with Crippen LogP contribution in [0.3, 0.4) is 0 Å². The van der Waals surface area contributed by atoms with Gasteiger partial charge in [-0.3, -0.25) is 0 Å². The van der Waals surface area contributed by atoms with Crippen molar-refractivity contribution in [2.24, 2.45) is 5.92 Å². The lowest BCUT2D eigenvalue weighted by Gasteiger charge is -2.19. The van der Waals surface area contributed by atoms with E-state index in [2.05, 4.69) is 28.7 Å². The number of hydrogen-bond acceptors (Lipinski definition) is 2. The second kappa shape index (κ2) is 6.20. The van der Waals surface area contributed by atoms with E-state index < -0.39 is 0 Å². The smallest absolute Gasteiger partial charge is 0.0952 e. The highest BCUT2D eigenvalue weighted by atomic mass is 15.1. The van der Waals surface area contributed by atoms with E-state index >= 15 is 0 Å². The van der Waals surface area contributed by atoms with Crippen molar-refractivity contribution in [2.45, 2.75) is 59.0 Å². The van der Waals surface area contributed by atoms with E-state index in [0.29, 0.717) is 0 Å². The van der Waals surface area contributed by atoms with Gasteiger partial charge in [0.15, 0.2) is 0 Å². The highest BCUT2D eigenvalue weighted by Crippen LogP contribution is 2.19. The molecule has 1 N–H and O–H groups in total. The van der Waals surface area contributed by atoms with Gasteiger partial charge in [0.05, 0.1) is 12.0 Å². The first-order valence-electron chi connectivity index (χ1n) is 7.08. The van der Waals surface area contributed by atoms with Crippen LogP contribution in [0, 0.1) is 5.92 Å². The molecule has 1 unspecified atom stereocenters. The molecule has 0 spiro atoms. The van der Waals surface area contributed by atoms with Gasteiger partial charge in [0, 0.05) is 31.7 Å². The summed E-state index contributed by atoms with van der Waals surface area (Å²) in [6.07, 6.45) is 8.49. The quantitative estimate of drug-likeness (QED) is 0.821. The molecule has 0 saturated heterocycles. The van der Waals surface area contributed by atoms with Crippen LogP contribution in [0.1, 0.15) is 50.9 Å². The maximum Gasteiger partial charge on any atom is 0.0952 e. The summed E-state index contributed by atoms with van der Waals surface area (Å²) in [5.74, 6) is 0.822. The predicted molar refractivity (Wildman–Crippen MR) is 70.9 cm³/mol. The summed E-state index contributed by atoms with van der Waals surface area (Å²) in [5.41, 5.74) is 2.74. The van der Waals surface area contributed by atoms with Crippen molar-refractivity contribution in [1.82, 2.24) is 14.9 Å². The fourth-order valence-electron chi connectivity index (χ4n) is 2.65. The second-order valence-electron chi connectivity index (χ2n) is 5.13. The fraction of sp³-hybridized carbons (Fsp3) is 0.786. The Morgan fingerprint density at radius 3 is 3.12 bits per heavy atom. The predicted octanol–water partition coefficient (Wildman–Crippen LogP) is 2.75. The molecular weight excluding hydrogens is 210 g/mol. The summed E-state index contributed by atoms with van der Waals surface area (Å²) in [6, 6.07) is 0. The largest absolute Gasteiger partial charge is 0.334 e. The minimum absolute atomic E-state index is 0.822. The van der Waals surface area contributed by atoms with Crippen LogP contribution >= 0.6 is 0 Å². The monoisotopic (exact) mass is 235 g/mol. The first kappa shape index (κ1) is 12.6. The van der Waals surface area contributed by atoms with Crippen LogP contribution in [0.25, 0.3) is 0 Å². The first-order valence-corrected chi connectivity index (χ1v) is 7.08. The molecule has 2 heterocycles. The molecule has 0 bridgehead atoms. The molecule has 3 nitrogen and oxygen atoms in total. The van der Waals surface area contributed by atoms with Crippen LogP contribution in [-0.2, 0) is 19.5 Å². The lowest BCUT2D eigenvalue weighted by Crippen LogP contribution is -2.25.